The highest BCUT2D eigenvalue weighted by atomic mass is 16.5. The Kier molecular flexibility index (Phi) is 7.00. The summed E-state index contributed by atoms with van der Waals surface area (Å²) in [6.45, 7) is 3.66. The van der Waals surface area contributed by atoms with Crippen LogP contribution in [0.2, 0.25) is 0 Å². The molecule has 0 amide bonds. The van der Waals surface area contributed by atoms with Crippen molar-refractivity contribution < 1.29 is 9.47 Å². The van der Waals surface area contributed by atoms with Crippen molar-refractivity contribution in [3.05, 3.63) is 59.3 Å². The van der Waals surface area contributed by atoms with Crippen LogP contribution in [0.1, 0.15) is 16.7 Å². The molecule has 0 saturated heterocycles. The third-order valence-electron chi connectivity index (χ3n) is 5.01. The summed E-state index contributed by atoms with van der Waals surface area (Å²) in [6.07, 6.45) is 3.83. The lowest BCUT2D eigenvalue weighted by Gasteiger charge is -2.14. The summed E-state index contributed by atoms with van der Waals surface area (Å²) in [4.78, 5) is 7.68. The van der Waals surface area contributed by atoms with Gasteiger partial charge in [-0.15, -0.1) is 0 Å². The van der Waals surface area contributed by atoms with Gasteiger partial charge in [-0.2, -0.15) is 0 Å². The van der Waals surface area contributed by atoms with Gasteiger partial charge >= 0.3 is 0 Å². The first kappa shape index (κ1) is 20.6. The number of guanidine groups is 1. The van der Waals surface area contributed by atoms with Gasteiger partial charge in [0.1, 0.15) is 11.5 Å². The molecule has 0 saturated carbocycles. The quantitative estimate of drug-likeness (QED) is 0.404. The number of H-pyrrole nitrogens is 1. The molecule has 154 valence electrons. The summed E-state index contributed by atoms with van der Waals surface area (Å²) in [5, 5.41) is 8.04. The van der Waals surface area contributed by atoms with Crippen molar-refractivity contribution >= 4 is 16.9 Å². The third-order valence-corrected chi connectivity index (χ3v) is 5.01. The number of methoxy groups -OCH3 is 2. The second-order valence-corrected chi connectivity index (χ2v) is 6.97. The SMILES string of the molecule is CN=C(NCCc1cc(OC)ccc1OC)NCCc1c[nH]c2cc(C)ccc12. The first-order valence-electron chi connectivity index (χ1n) is 9.86. The van der Waals surface area contributed by atoms with E-state index in [4.69, 9.17) is 9.47 Å². The molecule has 0 spiro atoms. The van der Waals surface area contributed by atoms with Crippen LogP contribution in [0, 0.1) is 6.92 Å². The number of aliphatic imine (C=N–C) groups is 1. The molecule has 3 rings (SSSR count). The zero-order valence-electron chi connectivity index (χ0n) is 17.6. The van der Waals surface area contributed by atoms with E-state index in [0.29, 0.717) is 0 Å². The number of aromatic nitrogens is 1. The smallest absolute Gasteiger partial charge is 0.190 e. The highest BCUT2D eigenvalue weighted by molar-refractivity contribution is 5.84. The van der Waals surface area contributed by atoms with Gasteiger partial charge in [-0.3, -0.25) is 4.99 Å². The highest BCUT2D eigenvalue weighted by Gasteiger charge is 2.07. The fraction of sp³-hybridized carbons (Fsp3) is 0.348. The zero-order chi connectivity index (χ0) is 20.6. The van der Waals surface area contributed by atoms with Crippen molar-refractivity contribution in [2.75, 3.05) is 34.4 Å². The molecule has 0 fully saturated rings. The van der Waals surface area contributed by atoms with E-state index in [1.807, 2.05) is 18.2 Å². The maximum atomic E-state index is 5.45. The maximum absolute atomic E-state index is 5.45. The molecule has 0 aliphatic heterocycles. The van der Waals surface area contributed by atoms with Crippen LogP contribution in [0.5, 0.6) is 11.5 Å². The predicted molar refractivity (Wildman–Crippen MR) is 119 cm³/mol. The van der Waals surface area contributed by atoms with Gasteiger partial charge in [0.2, 0.25) is 0 Å². The van der Waals surface area contributed by atoms with Crippen molar-refractivity contribution in [2.45, 2.75) is 19.8 Å². The number of benzene rings is 2. The molecule has 1 heterocycles. The van der Waals surface area contributed by atoms with Gasteiger partial charge in [0.05, 0.1) is 14.2 Å². The van der Waals surface area contributed by atoms with E-state index in [2.05, 4.69) is 51.9 Å². The van der Waals surface area contributed by atoms with Crippen molar-refractivity contribution in [3.8, 4) is 11.5 Å². The van der Waals surface area contributed by atoms with Crippen LogP contribution in [0.15, 0.2) is 47.6 Å². The topological polar surface area (TPSA) is 70.7 Å². The number of nitrogens with zero attached hydrogens (tertiary/aromatic N) is 1. The maximum Gasteiger partial charge on any atom is 0.190 e. The van der Waals surface area contributed by atoms with Crippen LogP contribution in [-0.4, -0.2) is 45.3 Å². The molecule has 6 nitrogen and oxygen atoms in total. The van der Waals surface area contributed by atoms with Crippen molar-refractivity contribution in [1.82, 2.24) is 15.6 Å². The van der Waals surface area contributed by atoms with E-state index < -0.39 is 0 Å². The molecule has 29 heavy (non-hydrogen) atoms. The lowest BCUT2D eigenvalue weighted by molar-refractivity contribution is 0.398. The second-order valence-electron chi connectivity index (χ2n) is 6.97. The van der Waals surface area contributed by atoms with Gasteiger partial charge < -0.3 is 25.1 Å². The minimum atomic E-state index is 0.746. The minimum Gasteiger partial charge on any atom is -0.497 e. The molecule has 1 aromatic heterocycles. The Morgan fingerprint density at radius 3 is 2.41 bits per heavy atom. The van der Waals surface area contributed by atoms with Crippen molar-refractivity contribution in [3.63, 3.8) is 0 Å². The Morgan fingerprint density at radius 2 is 1.72 bits per heavy atom. The molecule has 3 N–H and O–H groups in total. The highest BCUT2D eigenvalue weighted by Crippen LogP contribution is 2.24. The fourth-order valence-electron chi connectivity index (χ4n) is 3.44. The second kappa shape index (κ2) is 9.87. The summed E-state index contributed by atoms with van der Waals surface area (Å²) < 4.78 is 10.8. The van der Waals surface area contributed by atoms with Crippen LogP contribution < -0.4 is 20.1 Å². The third kappa shape index (κ3) is 5.22. The van der Waals surface area contributed by atoms with Gasteiger partial charge in [-0.25, -0.2) is 0 Å². The summed E-state index contributed by atoms with van der Waals surface area (Å²) in [6, 6.07) is 12.4. The number of nitrogens with one attached hydrogen (secondary N) is 3. The number of ether oxygens (including phenoxy) is 2. The van der Waals surface area contributed by atoms with Crippen LogP contribution >= 0.6 is 0 Å². The standard InChI is InChI=1S/C23H30N4O2/c1-16-5-7-20-18(15-27-21(20)13-16)10-12-26-23(24-2)25-11-9-17-14-19(28-3)6-8-22(17)29-4/h5-8,13-15,27H,9-12H2,1-4H3,(H2,24,25,26). The van der Waals surface area contributed by atoms with Gasteiger partial charge in [0.25, 0.3) is 0 Å². The number of aryl methyl sites for hydroxylation is 1. The first-order valence-corrected chi connectivity index (χ1v) is 9.86. The average molecular weight is 395 g/mol. The predicted octanol–water partition coefficient (Wildman–Crippen LogP) is 3.44. The molecule has 6 heteroatoms. The van der Waals surface area contributed by atoms with Crippen LogP contribution in [-0.2, 0) is 12.8 Å². The zero-order valence-corrected chi connectivity index (χ0v) is 17.6. The lowest BCUT2D eigenvalue weighted by Crippen LogP contribution is -2.39. The molecule has 0 aliphatic rings. The lowest BCUT2D eigenvalue weighted by atomic mass is 10.1. The molecule has 0 unspecified atom stereocenters. The number of hydrogen-bond donors (Lipinski definition) is 3. The minimum absolute atomic E-state index is 0.746. The normalized spacial score (nSPS) is 11.5. The summed E-state index contributed by atoms with van der Waals surface area (Å²) in [5.41, 5.74) is 4.86. The molecule has 0 bridgehead atoms. The van der Waals surface area contributed by atoms with Gasteiger partial charge in [-0.05, 0) is 60.7 Å². The van der Waals surface area contributed by atoms with Crippen LogP contribution in [0.25, 0.3) is 10.9 Å². The Hall–Kier alpha value is -3.15. The monoisotopic (exact) mass is 394 g/mol. The van der Waals surface area contributed by atoms with Crippen LogP contribution in [0.3, 0.4) is 0 Å². The van der Waals surface area contributed by atoms with Gasteiger partial charge in [0, 0.05) is 37.2 Å². The molecule has 0 aliphatic carbocycles. The molecular formula is C23H30N4O2. The van der Waals surface area contributed by atoms with E-state index >= 15 is 0 Å². The van der Waals surface area contributed by atoms with Crippen molar-refractivity contribution in [1.29, 1.82) is 0 Å². The fourth-order valence-corrected chi connectivity index (χ4v) is 3.44. The van der Waals surface area contributed by atoms with Crippen LogP contribution in [0.4, 0.5) is 0 Å². The van der Waals surface area contributed by atoms with E-state index in [9.17, 15) is 0 Å². The molecule has 0 radical (unpaired) electrons. The summed E-state index contributed by atoms with van der Waals surface area (Å²) in [5.74, 6) is 2.49. The van der Waals surface area contributed by atoms with E-state index in [1.54, 1.807) is 21.3 Å². The number of fused-ring (bicyclic) bond motifs is 1. The average Bonchev–Trinajstić information content (AvgIpc) is 3.14. The molecule has 0 atom stereocenters. The molecule has 2 aromatic carbocycles. The Balaban J connectivity index is 1.50. The number of hydrogen-bond acceptors (Lipinski definition) is 3. The van der Waals surface area contributed by atoms with Gasteiger partial charge in [-0.1, -0.05) is 12.1 Å². The van der Waals surface area contributed by atoms with E-state index in [0.717, 1.165) is 49.0 Å². The largest absolute Gasteiger partial charge is 0.497 e. The first-order chi connectivity index (χ1) is 14.1. The molecule has 3 aromatic rings. The Labute approximate surface area is 172 Å². The molecular weight excluding hydrogens is 364 g/mol. The number of rotatable bonds is 8. The number of aromatic amines is 1. The summed E-state index contributed by atoms with van der Waals surface area (Å²) >= 11 is 0. The van der Waals surface area contributed by atoms with Crippen molar-refractivity contribution in [2.24, 2.45) is 4.99 Å². The van der Waals surface area contributed by atoms with E-state index in [-0.39, 0.29) is 0 Å². The van der Waals surface area contributed by atoms with Gasteiger partial charge in [0.15, 0.2) is 5.96 Å². The Morgan fingerprint density at radius 1 is 0.966 bits per heavy atom. The summed E-state index contributed by atoms with van der Waals surface area (Å²) in [7, 11) is 5.14. The Bertz CT molecular complexity index is 978. The van der Waals surface area contributed by atoms with E-state index in [1.165, 1.54) is 22.0 Å².